The normalized spacial score (nSPS) is 10.7. The Bertz CT molecular complexity index is 1280. The highest BCUT2D eigenvalue weighted by molar-refractivity contribution is 5.97. The van der Waals surface area contributed by atoms with E-state index in [9.17, 15) is 14.7 Å². The number of carbonyl (C=O) groups excluding carboxylic acids is 1. The lowest BCUT2D eigenvalue weighted by Crippen LogP contribution is -2.16. The Morgan fingerprint density at radius 3 is 2.29 bits per heavy atom. The molecular formula is C27H23NO3. The summed E-state index contributed by atoms with van der Waals surface area (Å²) in [5.74, 6) is -1.05. The predicted octanol–water partition coefficient (Wildman–Crippen LogP) is 5.62. The molecule has 0 aliphatic carbocycles. The molecule has 154 valence electrons. The quantitative estimate of drug-likeness (QED) is 0.434. The molecule has 4 rings (SSSR count). The Hall–Kier alpha value is -3.92. The van der Waals surface area contributed by atoms with Gasteiger partial charge >= 0.3 is 5.97 Å². The Morgan fingerprint density at radius 2 is 1.48 bits per heavy atom. The van der Waals surface area contributed by atoms with Crippen molar-refractivity contribution < 1.29 is 14.7 Å². The maximum Gasteiger partial charge on any atom is 0.335 e. The Morgan fingerprint density at radius 1 is 0.806 bits per heavy atom. The molecule has 4 aromatic rings. The van der Waals surface area contributed by atoms with Crippen LogP contribution in [0.1, 0.15) is 32.6 Å². The van der Waals surface area contributed by atoms with Gasteiger partial charge in [0, 0.05) is 12.1 Å². The Labute approximate surface area is 181 Å². The first-order valence-corrected chi connectivity index (χ1v) is 10.2. The summed E-state index contributed by atoms with van der Waals surface area (Å²) >= 11 is 0. The number of hydrogen-bond donors (Lipinski definition) is 2. The van der Waals surface area contributed by atoms with Gasteiger partial charge in [-0.15, -0.1) is 0 Å². The highest BCUT2D eigenvalue weighted by Gasteiger charge is 2.14. The lowest BCUT2D eigenvalue weighted by atomic mass is 9.96. The summed E-state index contributed by atoms with van der Waals surface area (Å²) < 4.78 is 0. The summed E-state index contributed by atoms with van der Waals surface area (Å²) in [6.45, 7) is 2.02. The van der Waals surface area contributed by atoms with Gasteiger partial charge in [0.05, 0.1) is 12.0 Å². The van der Waals surface area contributed by atoms with Crippen molar-refractivity contribution in [1.29, 1.82) is 0 Å². The van der Waals surface area contributed by atoms with Crippen LogP contribution >= 0.6 is 0 Å². The second-order valence-corrected chi connectivity index (χ2v) is 7.60. The Balaban J connectivity index is 1.59. The maximum absolute atomic E-state index is 13.0. The maximum atomic E-state index is 13.0. The van der Waals surface area contributed by atoms with Gasteiger partial charge in [-0.05, 0) is 52.1 Å². The molecule has 0 fully saturated rings. The minimum Gasteiger partial charge on any atom is -0.478 e. The smallest absolute Gasteiger partial charge is 0.335 e. The van der Waals surface area contributed by atoms with Crippen molar-refractivity contribution in [2.24, 2.45) is 0 Å². The standard InChI is InChI=1S/C27H23NO3/c1-18-14-15-19-8-2-5-11-22(19)24(18)17-26(29)28-25-13-7-4-10-21(25)16-20-9-3-6-12-23(20)27(30)31/h2-15H,16-17H2,1H3,(H,28,29)(H,30,31). The number of carbonyl (C=O) groups is 2. The van der Waals surface area contributed by atoms with Gasteiger partial charge in [-0.3, -0.25) is 4.79 Å². The number of carboxylic acid groups (broad SMARTS) is 1. The second-order valence-electron chi connectivity index (χ2n) is 7.60. The van der Waals surface area contributed by atoms with Crippen molar-refractivity contribution in [3.05, 3.63) is 113 Å². The fourth-order valence-electron chi connectivity index (χ4n) is 3.92. The third-order valence-electron chi connectivity index (χ3n) is 5.53. The molecule has 0 atom stereocenters. The highest BCUT2D eigenvalue weighted by Crippen LogP contribution is 2.25. The van der Waals surface area contributed by atoms with E-state index in [1.165, 1.54) is 0 Å². The molecule has 0 saturated heterocycles. The van der Waals surface area contributed by atoms with Crippen molar-refractivity contribution in [2.75, 3.05) is 5.32 Å². The fraction of sp³-hybridized carbons (Fsp3) is 0.111. The third-order valence-corrected chi connectivity index (χ3v) is 5.53. The molecule has 0 aliphatic heterocycles. The van der Waals surface area contributed by atoms with E-state index in [1.807, 2.05) is 73.7 Å². The van der Waals surface area contributed by atoms with Crippen molar-refractivity contribution >= 4 is 28.3 Å². The molecule has 0 heterocycles. The van der Waals surface area contributed by atoms with E-state index in [1.54, 1.807) is 12.1 Å². The second kappa shape index (κ2) is 8.84. The number of anilines is 1. The van der Waals surface area contributed by atoms with Gasteiger partial charge in [-0.1, -0.05) is 72.8 Å². The number of aryl methyl sites for hydroxylation is 1. The van der Waals surface area contributed by atoms with Gasteiger partial charge in [-0.25, -0.2) is 4.79 Å². The number of fused-ring (bicyclic) bond motifs is 1. The van der Waals surface area contributed by atoms with Crippen LogP contribution in [0.5, 0.6) is 0 Å². The average molecular weight is 409 g/mol. The minimum atomic E-state index is -0.955. The van der Waals surface area contributed by atoms with Crippen LogP contribution in [0.15, 0.2) is 84.9 Å². The molecule has 2 N–H and O–H groups in total. The van der Waals surface area contributed by atoms with E-state index in [-0.39, 0.29) is 17.9 Å². The zero-order valence-corrected chi connectivity index (χ0v) is 17.3. The number of aromatic carboxylic acids is 1. The van der Waals surface area contributed by atoms with E-state index in [4.69, 9.17) is 0 Å². The number of amides is 1. The first-order chi connectivity index (χ1) is 15.0. The van der Waals surface area contributed by atoms with Crippen molar-refractivity contribution in [2.45, 2.75) is 19.8 Å². The molecule has 0 saturated carbocycles. The molecule has 31 heavy (non-hydrogen) atoms. The SMILES string of the molecule is Cc1ccc2ccccc2c1CC(=O)Nc1ccccc1Cc1ccccc1C(=O)O. The summed E-state index contributed by atoms with van der Waals surface area (Å²) in [4.78, 5) is 24.5. The summed E-state index contributed by atoms with van der Waals surface area (Å²) in [6.07, 6.45) is 0.694. The van der Waals surface area contributed by atoms with Crippen LogP contribution in [-0.4, -0.2) is 17.0 Å². The van der Waals surface area contributed by atoms with E-state index >= 15 is 0 Å². The van der Waals surface area contributed by atoms with Gasteiger partial charge < -0.3 is 10.4 Å². The lowest BCUT2D eigenvalue weighted by Gasteiger charge is -2.14. The molecule has 0 aliphatic rings. The zero-order chi connectivity index (χ0) is 21.8. The molecule has 0 aromatic heterocycles. The van der Waals surface area contributed by atoms with Crippen LogP contribution in [0.2, 0.25) is 0 Å². The number of rotatable bonds is 6. The fourth-order valence-corrected chi connectivity index (χ4v) is 3.92. The van der Waals surface area contributed by atoms with E-state index < -0.39 is 5.97 Å². The lowest BCUT2D eigenvalue weighted by molar-refractivity contribution is -0.115. The van der Waals surface area contributed by atoms with Gasteiger partial charge in [0.25, 0.3) is 0 Å². The van der Waals surface area contributed by atoms with Crippen molar-refractivity contribution in [3.8, 4) is 0 Å². The first-order valence-electron chi connectivity index (χ1n) is 10.2. The topological polar surface area (TPSA) is 66.4 Å². The predicted molar refractivity (Wildman–Crippen MR) is 124 cm³/mol. The molecule has 0 radical (unpaired) electrons. The monoisotopic (exact) mass is 409 g/mol. The largest absolute Gasteiger partial charge is 0.478 e. The minimum absolute atomic E-state index is 0.0987. The van der Waals surface area contributed by atoms with Gasteiger partial charge in [0.2, 0.25) is 5.91 Å². The van der Waals surface area contributed by atoms with E-state index in [0.29, 0.717) is 17.7 Å². The van der Waals surface area contributed by atoms with Gasteiger partial charge in [0.15, 0.2) is 0 Å². The van der Waals surface area contributed by atoms with Crippen LogP contribution < -0.4 is 5.32 Å². The molecule has 4 aromatic carbocycles. The summed E-state index contributed by atoms with van der Waals surface area (Å²) in [5, 5.41) is 14.7. The van der Waals surface area contributed by atoms with Crippen LogP contribution in [0.3, 0.4) is 0 Å². The Kier molecular flexibility index (Phi) is 5.80. The van der Waals surface area contributed by atoms with E-state index in [0.717, 1.165) is 27.5 Å². The number of para-hydroxylation sites is 1. The van der Waals surface area contributed by atoms with Crippen LogP contribution in [0.4, 0.5) is 5.69 Å². The third kappa shape index (κ3) is 4.48. The average Bonchev–Trinajstić information content (AvgIpc) is 2.77. The molecular weight excluding hydrogens is 386 g/mol. The summed E-state index contributed by atoms with van der Waals surface area (Å²) in [5.41, 5.74) is 4.66. The summed E-state index contributed by atoms with van der Waals surface area (Å²) in [6, 6.07) is 26.7. The highest BCUT2D eigenvalue weighted by atomic mass is 16.4. The molecule has 0 unspecified atom stereocenters. The first kappa shape index (κ1) is 20.4. The van der Waals surface area contributed by atoms with E-state index in [2.05, 4.69) is 11.4 Å². The van der Waals surface area contributed by atoms with Gasteiger partial charge in [-0.2, -0.15) is 0 Å². The summed E-state index contributed by atoms with van der Waals surface area (Å²) in [7, 11) is 0. The van der Waals surface area contributed by atoms with Crippen LogP contribution in [0.25, 0.3) is 10.8 Å². The van der Waals surface area contributed by atoms with Crippen LogP contribution in [-0.2, 0) is 17.6 Å². The number of nitrogens with one attached hydrogen (secondary N) is 1. The van der Waals surface area contributed by atoms with Crippen molar-refractivity contribution in [1.82, 2.24) is 0 Å². The number of carboxylic acids is 1. The molecule has 4 heteroatoms. The zero-order valence-electron chi connectivity index (χ0n) is 17.3. The number of hydrogen-bond acceptors (Lipinski definition) is 2. The van der Waals surface area contributed by atoms with Crippen molar-refractivity contribution in [3.63, 3.8) is 0 Å². The van der Waals surface area contributed by atoms with Gasteiger partial charge in [0.1, 0.15) is 0 Å². The molecule has 0 spiro atoms. The van der Waals surface area contributed by atoms with Crippen LogP contribution in [0, 0.1) is 6.92 Å². The molecule has 0 bridgehead atoms. The number of benzene rings is 4. The molecule has 1 amide bonds. The molecule has 4 nitrogen and oxygen atoms in total.